The average molecular weight is 264 g/mol. The lowest BCUT2D eigenvalue weighted by Crippen LogP contribution is -2.20. The van der Waals surface area contributed by atoms with Crippen molar-refractivity contribution >= 4 is 11.8 Å². The maximum atomic E-state index is 13.0. The second-order valence-corrected chi connectivity index (χ2v) is 6.87. The number of hydrogen-bond donors (Lipinski definition) is 1. The molecule has 2 unspecified atom stereocenters. The minimum atomic E-state index is -2.47. The van der Waals surface area contributed by atoms with Gasteiger partial charge in [-0.2, -0.15) is 11.8 Å². The third-order valence-electron chi connectivity index (χ3n) is 4.06. The number of aliphatic hydroxyl groups is 1. The molecule has 0 aromatic carbocycles. The molecule has 0 radical (unpaired) electrons. The fourth-order valence-corrected chi connectivity index (χ4v) is 4.29. The van der Waals surface area contributed by atoms with Gasteiger partial charge in [0.05, 0.1) is 6.10 Å². The molecule has 100 valence electrons. The lowest BCUT2D eigenvalue weighted by Gasteiger charge is -2.25. The smallest absolute Gasteiger partial charge is 0.248 e. The molecule has 1 N–H and O–H groups in total. The molecule has 1 saturated carbocycles. The molecular formula is C13H22F2OS. The zero-order chi connectivity index (χ0) is 12.3. The van der Waals surface area contributed by atoms with E-state index in [9.17, 15) is 13.9 Å². The van der Waals surface area contributed by atoms with Gasteiger partial charge in [-0.25, -0.2) is 8.78 Å². The van der Waals surface area contributed by atoms with E-state index in [1.54, 1.807) is 0 Å². The van der Waals surface area contributed by atoms with Crippen LogP contribution in [0.2, 0.25) is 0 Å². The van der Waals surface area contributed by atoms with Gasteiger partial charge in [-0.3, -0.25) is 0 Å². The lowest BCUT2D eigenvalue weighted by molar-refractivity contribution is 0.00204. The minimum Gasteiger partial charge on any atom is -0.393 e. The molecule has 0 aromatic heterocycles. The average Bonchev–Trinajstić information content (AvgIpc) is 2.59. The first kappa shape index (κ1) is 13.6. The van der Waals surface area contributed by atoms with Crippen LogP contribution < -0.4 is 0 Å². The largest absolute Gasteiger partial charge is 0.393 e. The van der Waals surface area contributed by atoms with Gasteiger partial charge in [-0.05, 0) is 55.4 Å². The molecular weight excluding hydrogens is 242 g/mol. The first-order chi connectivity index (χ1) is 8.05. The summed E-state index contributed by atoms with van der Waals surface area (Å²) in [6, 6.07) is 0. The number of rotatable bonds is 4. The van der Waals surface area contributed by atoms with Crippen LogP contribution in [0.15, 0.2) is 0 Å². The quantitative estimate of drug-likeness (QED) is 0.835. The highest BCUT2D eigenvalue weighted by molar-refractivity contribution is 7.99. The summed E-state index contributed by atoms with van der Waals surface area (Å²) in [5.41, 5.74) is 0. The van der Waals surface area contributed by atoms with Crippen LogP contribution in [0.1, 0.15) is 44.9 Å². The van der Waals surface area contributed by atoms with Gasteiger partial charge in [0, 0.05) is 12.8 Å². The summed E-state index contributed by atoms with van der Waals surface area (Å²) in [6.45, 7) is 0. The second kappa shape index (κ2) is 5.87. The van der Waals surface area contributed by atoms with E-state index in [1.165, 1.54) is 24.3 Å². The second-order valence-electron chi connectivity index (χ2n) is 5.65. The van der Waals surface area contributed by atoms with Crippen molar-refractivity contribution in [3.63, 3.8) is 0 Å². The molecule has 1 saturated heterocycles. The maximum absolute atomic E-state index is 13.0. The van der Waals surface area contributed by atoms with Crippen LogP contribution in [0.25, 0.3) is 0 Å². The Morgan fingerprint density at radius 1 is 1.12 bits per heavy atom. The van der Waals surface area contributed by atoms with Crippen LogP contribution in [-0.4, -0.2) is 28.6 Å². The predicted octanol–water partition coefficient (Wildman–Crippen LogP) is 3.71. The summed E-state index contributed by atoms with van der Waals surface area (Å²) in [7, 11) is 0. The van der Waals surface area contributed by atoms with Crippen molar-refractivity contribution < 1.29 is 13.9 Å². The van der Waals surface area contributed by atoms with Gasteiger partial charge in [0.15, 0.2) is 0 Å². The molecule has 1 aliphatic carbocycles. The third kappa shape index (κ3) is 4.40. The van der Waals surface area contributed by atoms with Crippen molar-refractivity contribution in [2.75, 3.05) is 11.5 Å². The first-order valence-corrected chi connectivity index (χ1v) is 7.84. The Labute approximate surface area is 106 Å². The van der Waals surface area contributed by atoms with E-state index >= 15 is 0 Å². The summed E-state index contributed by atoms with van der Waals surface area (Å²) < 4.78 is 26.0. The van der Waals surface area contributed by atoms with Gasteiger partial charge in [0.25, 0.3) is 0 Å². The Balaban J connectivity index is 1.68. The van der Waals surface area contributed by atoms with Gasteiger partial charge in [-0.15, -0.1) is 0 Å². The summed E-state index contributed by atoms with van der Waals surface area (Å²) in [5.74, 6) is 0.579. The van der Waals surface area contributed by atoms with Crippen molar-refractivity contribution in [2.24, 2.45) is 11.8 Å². The van der Waals surface area contributed by atoms with Gasteiger partial charge in [0.2, 0.25) is 5.92 Å². The van der Waals surface area contributed by atoms with Crippen molar-refractivity contribution in [1.82, 2.24) is 0 Å². The topological polar surface area (TPSA) is 20.2 Å². The normalized spacial score (nSPS) is 31.6. The Morgan fingerprint density at radius 2 is 1.76 bits per heavy atom. The Morgan fingerprint density at radius 3 is 2.35 bits per heavy atom. The SMILES string of the molecule is OC(CC1CCSCC1)CC1CCC(F)(F)C1. The summed E-state index contributed by atoms with van der Waals surface area (Å²) in [5, 5.41) is 9.98. The number of thioether (sulfide) groups is 1. The molecule has 1 aliphatic heterocycles. The van der Waals surface area contributed by atoms with Gasteiger partial charge >= 0.3 is 0 Å². The van der Waals surface area contributed by atoms with Gasteiger partial charge in [0.1, 0.15) is 0 Å². The van der Waals surface area contributed by atoms with Crippen LogP contribution >= 0.6 is 11.8 Å². The molecule has 0 amide bonds. The van der Waals surface area contributed by atoms with E-state index in [4.69, 9.17) is 0 Å². The Hall–Kier alpha value is 0.170. The van der Waals surface area contributed by atoms with Gasteiger partial charge < -0.3 is 5.11 Å². The van der Waals surface area contributed by atoms with E-state index in [-0.39, 0.29) is 24.9 Å². The highest BCUT2D eigenvalue weighted by atomic mass is 32.2. The molecule has 1 heterocycles. The summed E-state index contributed by atoms with van der Waals surface area (Å²) in [6.07, 6.45) is 4.01. The highest BCUT2D eigenvalue weighted by Crippen LogP contribution is 2.41. The first-order valence-electron chi connectivity index (χ1n) is 6.69. The lowest BCUT2D eigenvalue weighted by atomic mass is 9.90. The summed E-state index contributed by atoms with van der Waals surface area (Å²) >= 11 is 1.98. The summed E-state index contributed by atoms with van der Waals surface area (Å²) in [4.78, 5) is 0. The van der Waals surface area contributed by atoms with E-state index < -0.39 is 5.92 Å². The number of halogens is 2. The van der Waals surface area contributed by atoms with Gasteiger partial charge in [-0.1, -0.05) is 0 Å². The monoisotopic (exact) mass is 264 g/mol. The highest BCUT2D eigenvalue weighted by Gasteiger charge is 2.39. The van der Waals surface area contributed by atoms with Crippen molar-refractivity contribution in [2.45, 2.75) is 57.0 Å². The number of aliphatic hydroxyl groups excluding tert-OH is 1. The molecule has 2 atom stereocenters. The predicted molar refractivity (Wildman–Crippen MR) is 67.6 cm³/mol. The molecule has 1 nitrogen and oxygen atoms in total. The number of alkyl halides is 2. The molecule has 0 spiro atoms. The molecule has 2 aliphatic rings. The van der Waals surface area contributed by atoms with E-state index in [0.717, 1.165) is 6.42 Å². The molecule has 0 aromatic rings. The van der Waals surface area contributed by atoms with E-state index in [2.05, 4.69) is 0 Å². The van der Waals surface area contributed by atoms with E-state index in [0.29, 0.717) is 18.8 Å². The van der Waals surface area contributed by atoms with Crippen LogP contribution in [-0.2, 0) is 0 Å². The molecule has 4 heteroatoms. The Bertz CT molecular complexity index is 242. The molecule has 2 fully saturated rings. The van der Waals surface area contributed by atoms with Crippen molar-refractivity contribution in [1.29, 1.82) is 0 Å². The molecule has 2 rings (SSSR count). The van der Waals surface area contributed by atoms with Crippen LogP contribution in [0, 0.1) is 11.8 Å². The molecule has 0 bridgehead atoms. The standard InChI is InChI=1S/C13H22F2OS/c14-13(15)4-1-11(9-13)8-12(16)7-10-2-5-17-6-3-10/h10-12,16H,1-9H2. The third-order valence-corrected chi connectivity index (χ3v) is 5.11. The van der Waals surface area contributed by atoms with Crippen molar-refractivity contribution in [3.8, 4) is 0 Å². The fourth-order valence-electron chi connectivity index (χ4n) is 3.09. The Kier molecular flexibility index (Phi) is 4.70. The number of hydrogen-bond acceptors (Lipinski definition) is 2. The van der Waals surface area contributed by atoms with Crippen LogP contribution in [0.5, 0.6) is 0 Å². The van der Waals surface area contributed by atoms with Crippen LogP contribution in [0.3, 0.4) is 0 Å². The fraction of sp³-hybridized carbons (Fsp3) is 1.00. The van der Waals surface area contributed by atoms with Crippen LogP contribution in [0.4, 0.5) is 8.78 Å². The van der Waals surface area contributed by atoms with E-state index in [1.807, 2.05) is 11.8 Å². The molecule has 17 heavy (non-hydrogen) atoms. The van der Waals surface area contributed by atoms with Crippen molar-refractivity contribution in [3.05, 3.63) is 0 Å². The zero-order valence-electron chi connectivity index (χ0n) is 10.2. The maximum Gasteiger partial charge on any atom is 0.248 e. The zero-order valence-corrected chi connectivity index (χ0v) is 11.0. The minimum absolute atomic E-state index is 0.00935.